The Balaban J connectivity index is 2.32. The highest BCUT2D eigenvalue weighted by Crippen LogP contribution is 2.19. The van der Waals surface area contributed by atoms with Crippen molar-refractivity contribution >= 4 is 5.91 Å². The van der Waals surface area contributed by atoms with Gasteiger partial charge in [0.25, 0.3) is 0 Å². The fourth-order valence-corrected chi connectivity index (χ4v) is 2.18. The second-order valence-corrected chi connectivity index (χ2v) is 5.56. The second kappa shape index (κ2) is 7.07. The van der Waals surface area contributed by atoms with E-state index in [9.17, 15) is 4.79 Å². The van der Waals surface area contributed by atoms with Crippen molar-refractivity contribution in [1.82, 2.24) is 9.80 Å². The molecule has 18 heavy (non-hydrogen) atoms. The maximum atomic E-state index is 11.9. The minimum absolute atomic E-state index is 0.0361. The van der Waals surface area contributed by atoms with Gasteiger partial charge in [0, 0.05) is 38.6 Å². The molecule has 0 unspecified atom stereocenters. The molecule has 0 aromatic carbocycles. The number of ether oxygens (including phenoxy) is 1. The lowest BCUT2D eigenvalue weighted by Gasteiger charge is -2.42. The van der Waals surface area contributed by atoms with Gasteiger partial charge in [0.05, 0.1) is 13.2 Å². The Morgan fingerprint density at radius 1 is 1.50 bits per heavy atom. The molecule has 1 rings (SSSR count). The van der Waals surface area contributed by atoms with Gasteiger partial charge < -0.3 is 15.4 Å². The number of carbonyl (C=O) groups excluding carboxylic acids is 1. The highest BCUT2D eigenvalue weighted by molar-refractivity contribution is 5.76. The molecule has 1 amide bonds. The Labute approximate surface area is 110 Å². The SMILES string of the molecule is CN(CCCN)C(=O)CCN1CCOCC1(C)C. The van der Waals surface area contributed by atoms with E-state index in [0.29, 0.717) is 13.0 Å². The molecule has 0 aliphatic carbocycles. The van der Waals surface area contributed by atoms with Crippen LogP contribution in [0.25, 0.3) is 0 Å². The van der Waals surface area contributed by atoms with Gasteiger partial charge in [0.15, 0.2) is 0 Å². The first-order chi connectivity index (χ1) is 8.47. The largest absolute Gasteiger partial charge is 0.378 e. The maximum absolute atomic E-state index is 11.9. The lowest BCUT2D eigenvalue weighted by atomic mass is 10.0. The van der Waals surface area contributed by atoms with Gasteiger partial charge in [-0.3, -0.25) is 9.69 Å². The summed E-state index contributed by atoms with van der Waals surface area (Å²) in [5, 5.41) is 0. The summed E-state index contributed by atoms with van der Waals surface area (Å²) in [4.78, 5) is 16.0. The van der Waals surface area contributed by atoms with Crippen molar-refractivity contribution in [2.24, 2.45) is 5.73 Å². The van der Waals surface area contributed by atoms with Crippen LogP contribution in [-0.4, -0.2) is 67.7 Å². The van der Waals surface area contributed by atoms with Crippen molar-refractivity contribution in [2.45, 2.75) is 32.2 Å². The first-order valence-electron chi connectivity index (χ1n) is 6.74. The van der Waals surface area contributed by atoms with Gasteiger partial charge in [0.1, 0.15) is 0 Å². The molecular weight excluding hydrogens is 230 g/mol. The van der Waals surface area contributed by atoms with Crippen molar-refractivity contribution in [3.05, 3.63) is 0 Å². The first kappa shape index (κ1) is 15.4. The highest BCUT2D eigenvalue weighted by atomic mass is 16.5. The lowest BCUT2D eigenvalue weighted by Crippen LogP contribution is -2.53. The molecule has 2 N–H and O–H groups in total. The second-order valence-electron chi connectivity index (χ2n) is 5.56. The van der Waals surface area contributed by atoms with Gasteiger partial charge in [-0.15, -0.1) is 0 Å². The van der Waals surface area contributed by atoms with Crippen LogP contribution in [0.1, 0.15) is 26.7 Å². The number of carbonyl (C=O) groups is 1. The predicted molar refractivity (Wildman–Crippen MR) is 72.4 cm³/mol. The Morgan fingerprint density at radius 2 is 2.22 bits per heavy atom. The summed E-state index contributed by atoms with van der Waals surface area (Å²) in [6, 6.07) is 0. The average molecular weight is 257 g/mol. The fourth-order valence-electron chi connectivity index (χ4n) is 2.18. The van der Waals surface area contributed by atoms with Crippen LogP contribution in [0.5, 0.6) is 0 Å². The van der Waals surface area contributed by atoms with E-state index in [1.165, 1.54) is 0 Å². The van der Waals surface area contributed by atoms with Crippen LogP contribution in [0.3, 0.4) is 0 Å². The fraction of sp³-hybridized carbons (Fsp3) is 0.923. The van der Waals surface area contributed by atoms with Gasteiger partial charge in [-0.2, -0.15) is 0 Å². The molecule has 1 heterocycles. The number of hydrogen-bond acceptors (Lipinski definition) is 4. The Hall–Kier alpha value is -0.650. The van der Waals surface area contributed by atoms with Crippen LogP contribution in [0.4, 0.5) is 0 Å². The van der Waals surface area contributed by atoms with Crippen molar-refractivity contribution < 1.29 is 9.53 Å². The Morgan fingerprint density at radius 3 is 2.83 bits per heavy atom. The Bertz CT molecular complexity index is 269. The lowest BCUT2D eigenvalue weighted by molar-refractivity contribution is -0.131. The number of amides is 1. The molecule has 0 atom stereocenters. The molecular formula is C13H27N3O2. The quantitative estimate of drug-likeness (QED) is 0.743. The topological polar surface area (TPSA) is 58.8 Å². The van der Waals surface area contributed by atoms with Gasteiger partial charge in [-0.1, -0.05) is 0 Å². The van der Waals surface area contributed by atoms with E-state index in [1.807, 2.05) is 7.05 Å². The van der Waals surface area contributed by atoms with Crippen molar-refractivity contribution in [2.75, 3.05) is 46.4 Å². The van der Waals surface area contributed by atoms with Crippen LogP contribution in [0.15, 0.2) is 0 Å². The summed E-state index contributed by atoms with van der Waals surface area (Å²) in [6.07, 6.45) is 1.44. The third-order valence-electron chi connectivity index (χ3n) is 3.54. The molecule has 1 aliphatic rings. The molecule has 1 saturated heterocycles. The molecule has 106 valence electrons. The van der Waals surface area contributed by atoms with Crippen molar-refractivity contribution in [1.29, 1.82) is 0 Å². The zero-order chi connectivity index (χ0) is 13.6. The zero-order valence-corrected chi connectivity index (χ0v) is 11.9. The zero-order valence-electron chi connectivity index (χ0n) is 11.9. The van der Waals surface area contributed by atoms with Crippen LogP contribution >= 0.6 is 0 Å². The molecule has 0 saturated carbocycles. The molecule has 5 nitrogen and oxygen atoms in total. The van der Waals surface area contributed by atoms with Crippen LogP contribution in [-0.2, 0) is 9.53 Å². The van der Waals surface area contributed by atoms with Crippen molar-refractivity contribution in [3.63, 3.8) is 0 Å². The number of nitrogens with zero attached hydrogens (tertiary/aromatic N) is 2. The summed E-state index contributed by atoms with van der Waals surface area (Å²) >= 11 is 0. The molecule has 0 bridgehead atoms. The van der Waals surface area contributed by atoms with E-state index in [1.54, 1.807) is 4.90 Å². The van der Waals surface area contributed by atoms with Gasteiger partial charge >= 0.3 is 0 Å². The standard InChI is InChI=1S/C13H27N3O2/c1-13(2)11-18-10-9-16(13)8-5-12(17)15(3)7-4-6-14/h4-11,14H2,1-3H3. The average Bonchev–Trinajstić information content (AvgIpc) is 2.33. The smallest absolute Gasteiger partial charge is 0.223 e. The monoisotopic (exact) mass is 257 g/mol. The summed E-state index contributed by atoms with van der Waals surface area (Å²) < 4.78 is 5.47. The van der Waals surface area contributed by atoms with Gasteiger partial charge in [-0.05, 0) is 26.8 Å². The minimum Gasteiger partial charge on any atom is -0.378 e. The minimum atomic E-state index is 0.0361. The normalized spacial score (nSPS) is 19.8. The van der Waals surface area contributed by atoms with Gasteiger partial charge in [-0.25, -0.2) is 0 Å². The first-order valence-corrected chi connectivity index (χ1v) is 6.74. The van der Waals surface area contributed by atoms with Crippen molar-refractivity contribution in [3.8, 4) is 0 Å². The van der Waals surface area contributed by atoms with E-state index >= 15 is 0 Å². The molecule has 1 aliphatic heterocycles. The summed E-state index contributed by atoms with van der Waals surface area (Å²) in [7, 11) is 1.85. The van der Waals surface area contributed by atoms with Gasteiger partial charge in [0.2, 0.25) is 5.91 Å². The molecule has 5 heteroatoms. The van der Waals surface area contributed by atoms with E-state index in [-0.39, 0.29) is 11.4 Å². The number of rotatable bonds is 6. The summed E-state index contributed by atoms with van der Waals surface area (Å²) in [5.41, 5.74) is 5.48. The summed E-state index contributed by atoms with van der Waals surface area (Å²) in [6.45, 7) is 8.93. The van der Waals surface area contributed by atoms with E-state index in [0.717, 1.165) is 39.3 Å². The predicted octanol–water partition coefficient (Wildman–Crippen LogP) is 0.295. The van der Waals surface area contributed by atoms with Crippen LogP contribution < -0.4 is 5.73 Å². The molecule has 0 aromatic rings. The third-order valence-corrected chi connectivity index (χ3v) is 3.54. The molecule has 0 aromatic heterocycles. The third kappa shape index (κ3) is 4.55. The molecule has 0 spiro atoms. The molecule has 1 fully saturated rings. The highest BCUT2D eigenvalue weighted by Gasteiger charge is 2.30. The number of morpholine rings is 1. The Kier molecular flexibility index (Phi) is 6.05. The van der Waals surface area contributed by atoms with E-state index in [2.05, 4.69) is 18.7 Å². The van der Waals surface area contributed by atoms with E-state index in [4.69, 9.17) is 10.5 Å². The number of hydrogen-bond donors (Lipinski definition) is 1. The maximum Gasteiger partial charge on any atom is 0.223 e. The van der Waals surface area contributed by atoms with Crippen LogP contribution in [0.2, 0.25) is 0 Å². The van der Waals surface area contributed by atoms with Crippen LogP contribution in [0, 0.1) is 0 Å². The number of nitrogens with two attached hydrogens (primary N) is 1. The molecule has 0 radical (unpaired) electrons. The summed E-state index contributed by atoms with van der Waals surface area (Å²) in [5.74, 6) is 0.200. The van der Waals surface area contributed by atoms with E-state index < -0.39 is 0 Å².